The second-order valence-corrected chi connectivity index (χ2v) is 5.09. The number of amides is 1. The third kappa shape index (κ3) is 5.94. The topological polar surface area (TPSA) is 86.2 Å². The number of esters is 1. The van der Waals surface area contributed by atoms with E-state index >= 15 is 0 Å². The van der Waals surface area contributed by atoms with Crippen LogP contribution in [0.4, 0.5) is 0 Å². The molecule has 26 heavy (non-hydrogen) atoms. The Balaban J connectivity index is 1.85. The normalized spacial score (nSPS) is 10.4. The zero-order valence-corrected chi connectivity index (χ0v) is 14.6. The maximum absolute atomic E-state index is 12.0. The highest BCUT2D eigenvalue weighted by molar-refractivity contribution is 5.95. The van der Waals surface area contributed by atoms with Gasteiger partial charge in [0.2, 0.25) is 0 Å². The summed E-state index contributed by atoms with van der Waals surface area (Å²) in [6.07, 6.45) is 1.51. The molecule has 0 spiro atoms. The summed E-state index contributed by atoms with van der Waals surface area (Å²) < 4.78 is 15.1. The first-order chi connectivity index (χ1) is 12.6. The van der Waals surface area contributed by atoms with Crippen molar-refractivity contribution in [2.45, 2.75) is 6.92 Å². The van der Waals surface area contributed by atoms with Crippen molar-refractivity contribution in [1.82, 2.24) is 5.43 Å². The molecule has 2 aromatic carbocycles. The summed E-state index contributed by atoms with van der Waals surface area (Å²) in [5, 5.41) is 3.92. The molecule has 0 atom stereocenters. The predicted octanol–water partition coefficient (Wildman–Crippen LogP) is 2.40. The molecule has 0 aromatic heterocycles. The highest BCUT2D eigenvalue weighted by atomic mass is 16.6. The molecule has 0 fully saturated rings. The summed E-state index contributed by atoms with van der Waals surface area (Å²) in [6.45, 7) is 2.32. The summed E-state index contributed by atoms with van der Waals surface area (Å²) in [4.78, 5) is 23.0. The van der Waals surface area contributed by atoms with Gasteiger partial charge < -0.3 is 14.2 Å². The molecule has 1 N–H and O–H groups in total. The van der Waals surface area contributed by atoms with E-state index in [1.807, 2.05) is 6.92 Å². The Hall–Kier alpha value is -3.35. The average Bonchev–Trinajstić information content (AvgIpc) is 2.67. The van der Waals surface area contributed by atoms with Crippen LogP contribution in [0.2, 0.25) is 0 Å². The molecule has 0 saturated heterocycles. The van der Waals surface area contributed by atoms with E-state index in [9.17, 15) is 9.59 Å². The molecule has 0 unspecified atom stereocenters. The van der Waals surface area contributed by atoms with Gasteiger partial charge in [0, 0.05) is 5.56 Å². The lowest BCUT2D eigenvalue weighted by atomic mass is 10.2. The molecule has 0 aliphatic heterocycles. The lowest BCUT2D eigenvalue weighted by Gasteiger charge is -2.05. The molecule has 0 aliphatic rings. The summed E-state index contributed by atoms with van der Waals surface area (Å²) in [7, 11) is 1.30. The Morgan fingerprint density at radius 3 is 2.23 bits per heavy atom. The number of methoxy groups -OCH3 is 1. The zero-order valence-electron chi connectivity index (χ0n) is 14.6. The van der Waals surface area contributed by atoms with Crippen LogP contribution in [0, 0.1) is 0 Å². The number of carbonyl (C=O) groups excluding carboxylic acids is 2. The zero-order chi connectivity index (χ0) is 18.8. The average molecular weight is 356 g/mol. The van der Waals surface area contributed by atoms with Gasteiger partial charge in [-0.15, -0.1) is 0 Å². The van der Waals surface area contributed by atoms with Gasteiger partial charge >= 0.3 is 5.97 Å². The molecule has 1 amide bonds. The van der Waals surface area contributed by atoms with Crippen molar-refractivity contribution in [3.63, 3.8) is 0 Å². The molecular weight excluding hydrogens is 336 g/mol. The molecule has 0 aliphatic carbocycles. The van der Waals surface area contributed by atoms with E-state index < -0.39 is 5.97 Å². The molecule has 2 rings (SSSR count). The van der Waals surface area contributed by atoms with Crippen molar-refractivity contribution in [3.8, 4) is 11.5 Å². The Labute approximate surface area is 151 Å². The van der Waals surface area contributed by atoms with Gasteiger partial charge in [0.15, 0.2) is 6.61 Å². The van der Waals surface area contributed by atoms with E-state index in [-0.39, 0.29) is 12.5 Å². The van der Waals surface area contributed by atoms with Crippen LogP contribution in [-0.2, 0) is 9.53 Å². The van der Waals surface area contributed by atoms with E-state index in [0.717, 1.165) is 5.56 Å². The van der Waals surface area contributed by atoms with Gasteiger partial charge in [-0.3, -0.25) is 4.79 Å². The standard InChI is InChI=1S/C19H20N2O5/c1-3-25-16-10-6-15(7-11-16)19(23)21-20-12-14-4-8-17(9-5-14)26-13-18(22)24-2/h4-12H,3,13H2,1-2H3,(H,21,23)/b20-12+. The summed E-state index contributed by atoms with van der Waals surface area (Å²) >= 11 is 0. The number of ether oxygens (including phenoxy) is 3. The Morgan fingerprint density at radius 1 is 1.00 bits per heavy atom. The number of nitrogens with zero attached hydrogens (tertiary/aromatic N) is 1. The van der Waals surface area contributed by atoms with Crippen LogP contribution in [0.25, 0.3) is 0 Å². The number of nitrogens with one attached hydrogen (secondary N) is 1. The van der Waals surface area contributed by atoms with Crippen molar-refractivity contribution in [1.29, 1.82) is 0 Å². The highest BCUT2D eigenvalue weighted by Gasteiger charge is 2.04. The van der Waals surface area contributed by atoms with E-state index in [1.165, 1.54) is 13.3 Å². The third-order valence-corrected chi connectivity index (χ3v) is 3.27. The summed E-state index contributed by atoms with van der Waals surface area (Å²) in [6, 6.07) is 13.7. The van der Waals surface area contributed by atoms with Gasteiger partial charge in [-0.2, -0.15) is 5.10 Å². The number of carbonyl (C=O) groups is 2. The number of rotatable bonds is 8. The fraction of sp³-hybridized carbons (Fsp3) is 0.211. The lowest BCUT2D eigenvalue weighted by Crippen LogP contribution is -2.17. The van der Waals surface area contributed by atoms with E-state index in [0.29, 0.717) is 23.7 Å². The number of benzene rings is 2. The van der Waals surface area contributed by atoms with E-state index in [4.69, 9.17) is 9.47 Å². The minimum atomic E-state index is -0.451. The molecule has 0 bridgehead atoms. The smallest absolute Gasteiger partial charge is 0.343 e. The van der Waals surface area contributed by atoms with Crippen LogP contribution >= 0.6 is 0 Å². The van der Waals surface area contributed by atoms with Crippen LogP contribution in [0.3, 0.4) is 0 Å². The van der Waals surface area contributed by atoms with Crippen molar-refractivity contribution >= 4 is 18.1 Å². The van der Waals surface area contributed by atoms with Crippen molar-refractivity contribution < 1.29 is 23.8 Å². The molecule has 0 radical (unpaired) electrons. The monoisotopic (exact) mass is 356 g/mol. The first kappa shape index (κ1) is 19.0. The van der Waals surface area contributed by atoms with Gasteiger partial charge in [0.05, 0.1) is 19.9 Å². The summed E-state index contributed by atoms with van der Waals surface area (Å²) in [5.41, 5.74) is 3.71. The molecule has 0 saturated carbocycles. The quantitative estimate of drug-likeness (QED) is 0.446. The number of hydrogen-bond donors (Lipinski definition) is 1. The minimum absolute atomic E-state index is 0.151. The lowest BCUT2D eigenvalue weighted by molar-refractivity contribution is -0.142. The molecule has 7 heteroatoms. The fourth-order valence-corrected chi connectivity index (χ4v) is 1.95. The predicted molar refractivity (Wildman–Crippen MR) is 96.6 cm³/mol. The second-order valence-electron chi connectivity index (χ2n) is 5.09. The number of hydrogen-bond acceptors (Lipinski definition) is 6. The summed E-state index contributed by atoms with van der Waals surface area (Å²) in [5.74, 6) is 0.475. The Bertz CT molecular complexity index is 755. The molecule has 2 aromatic rings. The second kappa shape index (κ2) is 9.83. The van der Waals surface area contributed by atoms with Crippen LogP contribution in [0.5, 0.6) is 11.5 Å². The van der Waals surface area contributed by atoms with Crippen LogP contribution < -0.4 is 14.9 Å². The maximum Gasteiger partial charge on any atom is 0.343 e. The van der Waals surface area contributed by atoms with Crippen molar-refractivity contribution in [2.24, 2.45) is 5.10 Å². The third-order valence-electron chi connectivity index (χ3n) is 3.27. The van der Waals surface area contributed by atoms with Crippen LogP contribution in [0.1, 0.15) is 22.8 Å². The SMILES string of the molecule is CCOc1ccc(C(=O)N/N=C/c2ccc(OCC(=O)OC)cc2)cc1. The van der Waals surface area contributed by atoms with Gasteiger partial charge in [-0.25, -0.2) is 10.2 Å². The van der Waals surface area contributed by atoms with Gasteiger partial charge in [0.1, 0.15) is 11.5 Å². The van der Waals surface area contributed by atoms with Gasteiger partial charge in [-0.05, 0) is 61.0 Å². The molecule has 0 heterocycles. The largest absolute Gasteiger partial charge is 0.494 e. The van der Waals surface area contributed by atoms with Crippen LogP contribution in [0.15, 0.2) is 53.6 Å². The fourth-order valence-electron chi connectivity index (χ4n) is 1.95. The molecule has 7 nitrogen and oxygen atoms in total. The minimum Gasteiger partial charge on any atom is -0.494 e. The highest BCUT2D eigenvalue weighted by Crippen LogP contribution is 2.12. The van der Waals surface area contributed by atoms with Gasteiger partial charge in [0.25, 0.3) is 5.91 Å². The first-order valence-electron chi connectivity index (χ1n) is 7.98. The van der Waals surface area contributed by atoms with E-state index in [2.05, 4.69) is 15.3 Å². The van der Waals surface area contributed by atoms with Crippen LogP contribution in [-0.4, -0.2) is 38.4 Å². The van der Waals surface area contributed by atoms with Gasteiger partial charge in [-0.1, -0.05) is 0 Å². The number of hydrazone groups is 1. The Morgan fingerprint density at radius 2 is 1.62 bits per heavy atom. The Kier molecular flexibility index (Phi) is 7.17. The molecular formula is C19H20N2O5. The molecule has 136 valence electrons. The first-order valence-corrected chi connectivity index (χ1v) is 7.98. The van der Waals surface area contributed by atoms with Crippen molar-refractivity contribution in [3.05, 3.63) is 59.7 Å². The van der Waals surface area contributed by atoms with Crippen molar-refractivity contribution in [2.75, 3.05) is 20.3 Å². The van der Waals surface area contributed by atoms with E-state index in [1.54, 1.807) is 48.5 Å². The maximum atomic E-state index is 12.0.